The molecule has 2 aliphatic rings. The monoisotopic (exact) mass is 457 g/mol. The highest BCUT2D eigenvalue weighted by Gasteiger charge is 2.48. The van der Waals surface area contributed by atoms with E-state index >= 15 is 0 Å². The van der Waals surface area contributed by atoms with Crippen LogP contribution in [0.15, 0.2) is 48.0 Å². The quantitative estimate of drug-likeness (QED) is 0.401. The Kier molecular flexibility index (Phi) is 6.39. The number of methoxy groups -OCH3 is 2. The number of carbonyl (C=O) groups excluding carboxylic acids is 2. The van der Waals surface area contributed by atoms with E-state index in [-0.39, 0.29) is 24.0 Å². The van der Waals surface area contributed by atoms with Gasteiger partial charge in [0.25, 0.3) is 11.7 Å². The van der Waals surface area contributed by atoms with Gasteiger partial charge in [-0.2, -0.15) is 0 Å². The third-order valence-electron chi connectivity index (χ3n) is 5.82. The number of hydrogen-bond acceptors (Lipinski definition) is 6. The highest BCUT2D eigenvalue weighted by atomic mass is 35.5. The van der Waals surface area contributed by atoms with Crippen molar-refractivity contribution in [1.29, 1.82) is 0 Å². The van der Waals surface area contributed by atoms with E-state index in [4.69, 9.17) is 25.8 Å². The summed E-state index contributed by atoms with van der Waals surface area (Å²) in [5, 5.41) is 11.6. The van der Waals surface area contributed by atoms with Crippen LogP contribution >= 0.6 is 11.6 Å². The summed E-state index contributed by atoms with van der Waals surface area (Å²) in [7, 11) is 3.04. The zero-order valence-corrected chi connectivity index (χ0v) is 18.6. The van der Waals surface area contributed by atoms with Crippen molar-refractivity contribution in [2.45, 2.75) is 25.0 Å². The summed E-state index contributed by atoms with van der Waals surface area (Å²) in [6.07, 6.45) is 1.53. The highest BCUT2D eigenvalue weighted by molar-refractivity contribution is 6.46. The van der Waals surface area contributed by atoms with Gasteiger partial charge in [0.15, 0.2) is 0 Å². The van der Waals surface area contributed by atoms with Gasteiger partial charge in [-0.1, -0.05) is 11.6 Å². The number of hydrogen-bond donors (Lipinski definition) is 1. The van der Waals surface area contributed by atoms with Gasteiger partial charge in [-0.15, -0.1) is 0 Å². The molecule has 32 heavy (non-hydrogen) atoms. The van der Waals surface area contributed by atoms with Crippen LogP contribution in [0.2, 0.25) is 5.02 Å². The summed E-state index contributed by atoms with van der Waals surface area (Å²) in [5.74, 6) is -0.690. The summed E-state index contributed by atoms with van der Waals surface area (Å²) >= 11 is 5.97. The number of likely N-dealkylation sites (tertiary alicyclic amines) is 1. The van der Waals surface area contributed by atoms with E-state index in [1.165, 1.54) is 12.0 Å². The fourth-order valence-corrected chi connectivity index (χ4v) is 4.33. The molecule has 0 spiro atoms. The van der Waals surface area contributed by atoms with Gasteiger partial charge < -0.3 is 24.2 Å². The smallest absolute Gasteiger partial charge is 0.295 e. The number of nitrogens with zero attached hydrogens (tertiary/aromatic N) is 1. The molecular formula is C24H24ClNO6. The molecule has 0 bridgehead atoms. The van der Waals surface area contributed by atoms with Gasteiger partial charge in [-0.25, -0.2) is 0 Å². The van der Waals surface area contributed by atoms with Crippen LogP contribution in [0.5, 0.6) is 11.5 Å². The van der Waals surface area contributed by atoms with Crippen molar-refractivity contribution in [3.63, 3.8) is 0 Å². The molecule has 4 rings (SSSR count). The lowest BCUT2D eigenvalue weighted by atomic mass is 9.94. The maximum atomic E-state index is 13.1. The predicted molar refractivity (Wildman–Crippen MR) is 119 cm³/mol. The van der Waals surface area contributed by atoms with Crippen LogP contribution in [0.25, 0.3) is 5.76 Å². The van der Waals surface area contributed by atoms with Crippen molar-refractivity contribution < 1.29 is 28.9 Å². The average molecular weight is 458 g/mol. The molecule has 1 amide bonds. The molecule has 2 saturated heterocycles. The second kappa shape index (κ2) is 9.22. The van der Waals surface area contributed by atoms with Crippen LogP contribution in [0, 0.1) is 0 Å². The van der Waals surface area contributed by atoms with Crippen molar-refractivity contribution in [3.8, 4) is 11.5 Å². The van der Waals surface area contributed by atoms with E-state index in [9.17, 15) is 14.7 Å². The average Bonchev–Trinajstić information content (AvgIpc) is 3.41. The first kappa shape index (κ1) is 22.2. The van der Waals surface area contributed by atoms with Crippen LogP contribution in [0.3, 0.4) is 0 Å². The molecule has 2 atom stereocenters. The lowest BCUT2D eigenvalue weighted by Crippen LogP contribution is -2.36. The summed E-state index contributed by atoms with van der Waals surface area (Å²) < 4.78 is 16.6. The van der Waals surface area contributed by atoms with Crippen molar-refractivity contribution in [1.82, 2.24) is 4.90 Å². The molecule has 168 valence electrons. The number of aliphatic hydroxyl groups excluding tert-OH is 1. The SMILES string of the molecule is COc1ccc(C2/C(=C(\O)c3ccc(Cl)cc3)C(=O)C(=O)N2CC2CCCO2)c(OC)c1. The third-order valence-corrected chi connectivity index (χ3v) is 6.07. The minimum Gasteiger partial charge on any atom is -0.507 e. The number of aliphatic hydroxyl groups is 1. The van der Waals surface area contributed by atoms with E-state index in [0.29, 0.717) is 34.3 Å². The lowest BCUT2D eigenvalue weighted by molar-refractivity contribution is -0.140. The van der Waals surface area contributed by atoms with E-state index in [2.05, 4.69) is 0 Å². The highest BCUT2D eigenvalue weighted by Crippen LogP contribution is 2.44. The predicted octanol–water partition coefficient (Wildman–Crippen LogP) is 3.96. The van der Waals surface area contributed by atoms with Gasteiger partial charge in [0.2, 0.25) is 0 Å². The Bertz CT molecular complexity index is 1060. The van der Waals surface area contributed by atoms with Crippen LogP contribution in [-0.4, -0.2) is 55.2 Å². The van der Waals surface area contributed by atoms with Crippen molar-refractivity contribution in [3.05, 3.63) is 64.2 Å². The molecule has 2 aromatic rings. The van der Waals surface area contributed by atoms with Crippen LogP contribution in [0.4, 0.5) is 0 Å². The normalized spacial score (nSPS) is 22.4. The minimum absolute atomic E-state index is 0.00112. The Labute approximate surface area is 191 Å². The molecule has 0 aromatic heterocycles. The summed E-state index contributed by atoms with van der Waals surface area (Å²) in [6, 6.07) is 10.8. The Morgan fingerprint density at radius 3 is 2.53 bits per heavy atom. The molecule has 0 radical (unpaired) electrons. The molecule has 8 heteroatoms. The molecule has 2 heterocycles. The first-order valence-electron chi connectivity index (χ1n) is 10.3. The van der Waals surface area contributed by atoms with Crippen LogP contribution in [-0.2, 0) is 14.3 Å². The number of ketones is 1. The van der Waals surface area contributed by atoms with Crippen LogP contribution in [0.1, 0.15) is 30.0 Å². The Balaban J connectivity index is 1.87. The second-order valence-corrected chi connectivity index (χ2v) is 8.14. The van der Waals surface area contributed by atoms with Gasteiger partial charge in [0.1, 0.15) is 17.3 Å². The first-order chi connectivity index (χ1) is 15.4. The largest absolute Gasteiger partial charge is 0.507 e. The molecule has 2 aliphatic heterocycles. The Hall–Kier alpha value is -3.03. The number of Topliss-reactive ketones (excluding diaryl/α,β-unsaturated/α-hetero) is 1. The van der Waals surface area contributed by atoms with E-state index < -0.39 is 17.7 Å². The van der Waals surface area contributed by atoms with Gasteiger partial charge in [0.05, 0.1) is 31.9 Å². The molecule has 0 saturated carbocycles. The Morgan fingerprint density at radius 1 is 1.16 bits per heavy atom. The standard InChI is InChI=1S/C24H24ClNO6/c1-30-16-9-10-18(19(12-16)31-2)21-20(22(27)14-5-7-15(25)8-6-14)23(28)24(29)26(21)13-17-4-3-11-32-17/h5-10,12,17,21,27H,3-4,11,13H2,1-2H3/b22-20+. The van der Waals surface area contributed by atoms with Gasteiger partial charge in [-0.3, -0.25) is 9.59 Å². The minimum atomic E-state index is -0.837. The number of rotatable bonds is 6. The second-order valence-electron chi connectivity index (χ2n) is 7.70. The lowest BCUT2D eigenvalue weighted by Gasteiger charge is -2.28. The van der Waals surface area contributed by atoms with Gasteiger partial charge >= 0.3 is 0 Å². The number of benzene rings is 2. The zero-order valence-electron chi connectivity index (χ0n) is 17.8. The fourth-order valence-electron chi connectivity index (χ4n) is 4.21. The molecule has 2 fully saturated rings. The van der Waals surface area contributed by atoms with E-state index in [0.717, 1.165) is 12.8 Å². The number of amides is 1. The molecule has 2 aromatic carbocycles. The topological polar surface area (TPSA) is 85.3 Å². The molecular weight excluding hydrogens is 434 g/mol. The zero-order chi connectivity index (χ0) is 22.8. The van der Waals surface area contributed by atoms with Crippen molar-refractivity contribution in [2.24, 2.45) is 0 Å². The Morgan fingerprint density at radius 2 is 1.91 bits per heavy atom. The van der Waals surface area contributed by atoms with E-state index in [1.807, 2.05) is 0 Å². The van der Waals surface area contributed by atoms with Gasteiger partial charge in [-0.05, 0) is 49.2 Å². The van der Waals surface area contributed by atoms with Crippen molar-refractivity contribution >= 4 is 29.1 Å². The van der Waals surface area contributed by atoms with Crippen LogP contribution < -0.4 is 9.47 Å². The third kappa shape index (κ3) is 4.06. The molecule has 0 aliphatic carbocycles. The molecule has 1 N–H and O–H groups in total. The summed E-state index contributed by atoms with van der Waals surface area (Å²) in [5.41, 5.74) is 0.960. The number of carbonyl (C=O) groups is 2. The molecule has 7 nitrogen and oxygen atoms in total. The fraction of sp³-hybridized carbons (Fsp3) is 0.333. The van der Waals surface area contributed by atoms with E-state index in [1.54, 1.807) is 49.6 Å². The first-order valence-corrected chi connectivity index (χ1v) is 10.7. The number of ether oxygens (including phenoxy) is 3. The number of halogens is 1. The maximum absolute atomic E-state index is 13.1. The molecule has 2 unspecified atom stereocenters. The summed E-state index contributed by atoms with van der Waals surface area (Å²) in [6.45, 7) is 0.859. The summed E-state index contributed by atoms with van der Waals surface area (Å²) in [4.78, 5) is 27.7. The van der Waals surface area contributed by atoms with Gasteiger partial charge in [0, 0.05) is 35.4 Å². The van der Waals surface area contributed by atoms with Crippen molar-refractivity contribution in [2.75, 3.05) is 27.4 Å². The maximum Gasteiger partial charge on any atom is 0.295 e.